The van der Waals surface area contributed by atoms with Crippen molar-refractivity contribution in [2.75, 3.05) is 11.9 Å². The average Bonchev–Trinajstić information content (AvgIpc) is 2.54. The van der Waals surface area contributed by atoms with Gasteiger partial charge in [0, 0.05) is 11.9 Å². The second-order valence-electron chi connectivity index (χ2n) is 5.09. The normalized spacial score (nSPS) is 11.2. The first-order valence-corrected chi connectivity index (χ1v) is 7.83. The van der Waals surface area contributed by atoms with Crippen LogP contribution < -0.4 is 5.32 Å². The standard InChI is InChI=1S/C16H15ClF3N3O2/c1-2-3-8-25-14(24)10-4-6-11(7-5-10)22-15-21-9-12(13(17)23-15)16(18,19)20/h4-7,9H,2-3,8H2,1H3,(H,21,22,23). The number of halogens is 4. The van der Waals surface area contributed by atoms with E-state index in [1.807, 2.05) is 6.92 Å². The smallest absolute Gasteiger partial charge is 0.420 e. The maximum absolute atomic E-state index is 12.6. The second-order valence-corrected chi connectivity index (χ2v) is 5.45. The van der Waals surface area contributed by atoms with E-state index in [1.165, 1.54) is 12.1 Å². The number of hydrogen-bond donors (Lipinski definition) is 1. The van der Waals surface area contributed by atoms with Crippen molar-refractivity contribution in [2.45, 2.75) is 25.9 Å². The minimum absolute atomic E-state index is 0.0868. The highest BCUT2D eigenvalue weighted by Crippen LogP contribution is 2.33. The Balaban J connectivity index is 2.04. The van der Waals surface area contributed by atoms with Crippen molar-refractivity contribution >= 4 is 29.2 Å². The molecule has 5 nitrogen and oxygen atoms in total. The number of nitrogens with one attached hydrogen (secondary N) is 1. The molecule has 134 valence electrons. The molecule has 0 radical (unpaired) electrons. The summed E-state index contributed by atoms with van der Waals surface area (Å²) in [5.41, 5.74) is -0.251. The summed E-state index contributed by atoms with van der Waals surface area (Å²) in [7, 11) is 0. The molecule has 25 heavy (non-hydrogen) atoms. The third-order valence-electron chi connectivity index (χ3n) is 3.16. The van der Waals surface area contributed by atoms with Gasteiger partial charge in [-0.05, 0) is 30.7 Å². The van der Waals surface area contributed by atoms with Crippen LogP contribution in [0.1, 0.15) is 35.7 Å². The van der Waals surface area contributed by atoms with E-state index in [-0.39, 0.29) is 5.95 Å². The molecule has 0 aliphatic carbocycles. The van der Waals surface area contributed by atoms with Crippen LogP contribution in [0.5, 0.6) is 0 Å². The van der Waals surface area contributed by atoms with Gasteiger partial charge in [0.2, 0.25) is 5.95 Å². The third-order valence-corrected chi connectivity index (χ3v) is 3.44. The Hall–Kier alpha value is -2.35. The van der Waals surface area contributed by atoms with Crippen molar-refractivity contribution in [1.29, 1.82) is 0 Å². The maximum Gasteiger partial charge on any atom is 0.420 e. The molecule has 0 saturated heterocycles. The molecule has 1 aromatic heterocycles. The van der Waals surface area contributed by atoms with E-state index in [2.05, 4.69) is 15.3 Å². The topological polar surface area (TPSA) is 64.1 Å². The largest absolute Gasteiger partial charge is 0.462 e. The Bertz CT molecular complexity index is 736. The van der Waals surface area contributed by atoms with Gasteiger partial charge in [0.15, 0.2) is 0 Å². The number of rotatable bonds is 6. The zero-order valence-electron chi connectivity index (χ0n) is 13.2. The molecule has 0 bridgehead atoms. The van der Waals surface area contributed by atoms with E-state index in [0.29, 0.717) is 24.1 Å². The van der Waals surface area contributed by atoms with Gasteiger partial charge in [0.1, 0.15) is 10.7 Å². The van der Waals surface area contributed by atoms with E-state index in [1.54, 1.807) is 12.1 Å². The minimum Gasteiger partial charge on any atom is -0.462 e. The highest BCUT2D eigenvalue weighted by Gasteiger charge is 2.34. The van der Waals surface area contributed by atoms with Crippen molar-refractivity contribution in [3.05, 3.63) is 46.7 Å². The summed E-state index contributed by atoms with van der Waals surface area (Å²) in [6.45, 7) is 2.34. The molecule has 9 heteroatoms. The SMILES string of the molecule is CCCCOC(=O)c1ccc(Nc2ncc(C(F)(F)F)c(Cl)n2)cc1. The first kappa shape index (κ1) is 19.0. The molecule has 2 aromatic rings. The number of anilines is 2. The molecule has 0 fully saturated rings. The molecule has 0 spiro atoms. The average molecular weight is 374 g/mol. The number of alkyl halides is 3. The second kappa shape index (κ2) is 8.15. The van der Waals surface area contributed by atoms with Crippen LogP contribution in [-0.2, 0) is 10.9 Å². The highest BCUT2D eigenvalue weighted by atomic mass is 35.5. The minimum atomic E-state index is -4.62. The molecule has 0 atom stereocenters. The number of carbonyl (C=O) groups is 1. The Morgan fingerprint density at radius 1 is 1.28 bits per heavy atom. The summed E-state index contributed by atoms with van der Waals surface area (Å²) in [6, 6.07) is 6.18. The Morgan fingerprint density at radius 2 is 1.96 bits per heavy atom. The van der Waals surface area contributed by atoms with Crippen LogP contribution in [0.3, 0.4) is 0 Å². The lowest BCUT2D eigenvalue weighted by molar-refractivity contribution is -0.137. The van der Waals surface area contributed by atoms with Crippen molar-refractivity contribution < 1.29 is 22.7 Å². The van der Waals surface area contributed by atoms with Crippen LogP contribution in [0.15, 0.2) is 30.5 Å². The Morgan fingerprint density at radius 3 is 2.52 bits per heavy atom. The number of unbranched alkanes of at least 4 members (excludes halogenated alkanes) is 1. The summed E-state index contributed by atoms with van der Waals surface area (Å²) in [4.78, 5) is 18.9. The predicted octanol–water partition coefficient (Wildman–Crippen LogP) is 4.85. The van der Waals surface area contributed by atoms with Crippen LogP contribution in [0, 0.1) is 0 Å². The van der Waals surface area contributed by atoms with Crippen molar-refractivity contribution in [3.8, 4) is 0 Å². The Kier molecular flexibility index (Phi) is 6.19. The third kappa shape index (κ3) is 5.32. The van der Waals surface area contributed by atoms with E-state index >= 15 is 0 Å². The van der Waals surface area contributed by atoms with Crippen molar-refractivity contribution in [1.82, 2.24) is 9.97 Å². The van der Waals surface area contributed by atoms with Gasteiger partial charge in [-0.25, -0.2) is 14.8 Å². The van der Waals surface area contributed by atoms with Gasteiger partial charge in [0.05, 0.1) is 12.2 Å². The molecule has 0 saturated carbocycles. The van der Waals surface area contributed by atoms with Crippen LogP contribution >= 0.6 is 11.6 Å². The first-order valence-electron chi connectivity index (χ1n) is 7.45. The van der Waals surface area contributed by atoms with Gasteiger partial charge in [-0.1, -0.05) is 24.9 Å². The summed E-state index contributed by atoms with van der Waals surface area (Å²) in [6.07, 6.45) is -2.30. The van der Waals surface area contributed by atoms with Gasteiger partial charge in [0.25, 0.3) is 0 Å². The summed E-state index contributed by atoms with van der Waals surface area (Å²) in [5.74, 6) is -0.523. The lowest BCUT2D eigenvalue weighted by atomic mass is 10.2. The molecule has 1 heterocycles. The van der Waals surface area contributed by atoms with Gasteiger partial charge in [-0.15, -0.1) is 0 Å². The lowest BCUT2D eigenvalue weighted by Gasteiger charge is -2.10. The van der Waals surface area contributed by atoms with E-state index < -0.39 is 22.9 Å². The molecule has 0 aliphatic rings. The highest BCUT2D eigenvalue weighted by molar-refractivity contribution is 6.30. The van der Waals surface area contributed by atoms with Gasteiger partial charge in [-0.2, -0.15) is 13.2 Å². The van der Waals surface area contributed by atoms with Crippen LogP contribution in [0.4, 0.5) is 24.8 Å². The zero-order valence-corrected chi connectivity index (χ0v) is 14.0. The van der Waals surface area contributed by atoms with E-state index in [0.717, 1.165) is 12.8 Å². The van der Waals surface area contributed by atoms with E-state index in [4.69, 9.17) is 16.3 Å². The van der Waals surface area contributed by atoms with Crippen LogP contribution in [0.25, 0.3) is 0 Å². The monoisotopic (exact) mass is 373 g/mol. The molecule has 0 amide bonds. The number of aromatic nitrogens is 2. The maximum atomic E-state index is 12.6. The number of ether oxygens (including phenoxy) is 1. The van der Waals surface area contributed by atoms with Gasteiger partial charge in [-0.3, -0.25) is 0 Å². The predicted molar refractivity (Wildman–Crippen MR) is 87.0 cm³/mol. The number of nitrogens with zero attached hydrogens (tertiary/aromatic N) is 2. The fourth-order valence-corrected chi connectivity index (χ4v) is 2.06. The zero-order chi connectivity index (χ0) is 18.4. The molecule has 1 aromatic carbocycles. The number of hydrogen-bond acceptors (Lipinski definition) is 5. The Labute approximate surface area is 147 Å². The summed E-state index contributed by atoms with van der Waals surface area (Å²) < 4.78 is 42.9. The number of benzene rings is 1. The lowest BCUT2D eigenvalue weighted by Crippen LogP contribution is -2.09. The number of carbonyl (C=O) groups excluding carboxylic acids is 1. The molecule has 0 aliphatic heterocycles. The summed E-state index contributed by atoms with van der Waals surface area (Å²) in [5, 5.41) is 2.02. The summed E-state index contributed by atoms with van der Waals surface area (Å²) >= 11 is 5.54. The van der Waals surface area contributed by atoms with Crippen LogP contribution in [-0.4, -0.2) is 22.5 Å². The van der Waals surface area contributed by atoms with Crippen molar-refractivity contribution in [2.24, 2.45) is 0 Å². The first-order chi connectivity index (χ1) is 11.8. The molecule has 0 unspecified atom stereocenters. The number of esters is 1. The van der Waals surface area contributed by atoms with E-state index in [9.17, 15) is 18.0 Å². The quantitative estimate of drug-likeness (QED) is 0.445. The van der Waals surface area contributed by atoms with Gasteiger partial charge >= 0.3 is 12.1 Å². The fourth-order valence-electron chi connectivity index (χ4n) is 1.82. The van der Waals surface area contributed by atoms with Crippen LogP contribution in [0.2, 0.25) is 5.15 Å². The van der Waals surface area contributed by atoms with Gasteiger partial charge < -0.3 is 10.1 Å². The molecular formula is C16H15ClF3N3O2. The molecular weight excluding hydrogens is 359 g/mol. The molecule has 1 N–H and O–H groups in total. The molecule has 2 rings (SSSR count). The fraction of sp³-hybridized carbons (Fsp3) is 0.312. The van der Waals surface area contributed by atoms with Crippen molar-refractivity contribution in [3.63, 3.8) is 0 Å².